The lowest BCUT2D eigenvalue weighted by molar-refractivity contribution is -0.0829. The molecule has 1 aliphatic carbocycles. The molecule has 0 aromatic heterocycles. The summed E-state index contributed by atoms with van der Waals surface area (Å²) < 4.78 is 5.61. The summed E-state index contributed by atoms with van der Waals surface area (Å²) in [5, 5.41) is 0.782. The molecule has 0 heterocycles. The first kappa shape index (κ1) is 9.36. The van der Waals surface area contributed by atoms with Crippen molar-refractivity contribution in [2.45, 2.75) is 30.6 Å². The quantitative estimate of drug-likeness (QED) is 0.698. The maximum absolute atomic E-state index is 5.64. The zero-order valence-corrected chi connectivity index (χ0v) is 8.12. The Hall–Kier alpha value is 0.270. The van der Waals surface area contributed by atoms with E-state index >= 15 is 0 Å². The predicted molar refractivity (Wildman–Crippen MR) is 49.9 cm³/mol. The summed E-state index contributed by atoms with van der Waals surface area (Å²) in [4.78, 5) is 0. The Morgan fingerprint density at radius 3 is 2.64 bits per heavy atom. The third-order valence-electron chi connectivity index (χ3n) is 2.36. The Balaban J connectivity index is 2.30. The summed E-state index contributed by atoms with van der Waals surface area (Å²) in [5.41, 5.74) is 5.68. The molecule has 0 aliphatic heterocycles. The first-order valence-electron chi connectivity index (χ1n) is 4.13. The van der Waals surface area contributed by atoms with Crippen molar-refractivity contribution < 1.29 is 4.74 Å². The molecule has 1 aliphatic rings. The fraction of sp³-hybridized carbons (Fsp3) is 1.00. The number of ether oxygens (including phenoxy) is 1. The van der Waals surface area contributed by atoms with Gasteiger partial charge in [0.1, 0.15) is 0 Å². The van der Waals surface area contributed by atoms with Crippen molar-refractivity contribution in [2.24, 2.45) is 5.73 Å². The molecule has 2 nitrogen and oxygen atoms in total. The van der Waals surface area contributed by atoms with Gasteiger partial charge in [0.15, 0.2) is 0 Å². The SMILES string of the molecule is CCOC1(CN)CC(SC)C1. The van der Waals surface area contributed by atoms with E-state index in [1.165, 1.54) is 0 Å². The van der Waals surface area contributed by atoms with Gasteiger partial charge in [-0.3, -0.25) is 0 Å². The first-order valence-corrected chi connectivity index (χ1v) is 5.42. The van der Waals surface area contributed by atoms with Gasteiger partial charge in [-0.05, 0) is 26.0 Å². The maximum Gasteiger partial charge on any atom is 0.0825 e. The normalized spacial score (nSPS) is 36.8. The molecule has 0 aromatic rings. The van der Waals surface area contributed by atoms with E-state index in [1.54, 1.807) is 0 Å². The van der Waals surface area contributed by atoms with Crippen LogP contribution in [0.3, 0.4) is 0 Å². The molecule has 1 rings (SSSR count). The highest BCUT2D eigenvalue weighted by Crippen LogP contribution is 2.41. The molecule has 0 atom stereocenters. The lowest BCUT2D eigenvalue weighted by atomic mass is 9.79. The van der Waals surface area contributed by atoms with Crippen LogP contribution in [-0.4, -0.2) is 30.3 Å². The Morgan fingerprint density at radius 1 is 1.64 bits per heavy atom. The van der Waals surface area contributed by atoms with Crippen molar-refractivity contribution in [1.82, 2.24) is 0 Å². The number of rotatable bonds is 4. The molecule has 2 N–H and O–H groups in total. The number of hydrogen-bond donors (Lipinski definition) is 1. The molecule has 0 radical (unpaired) electrons. The number of hydrogen-bond acceptors (Lipinski definition) is 3. The van der Waals surface area contributed by atoms with Crippen LogP contribution in [0.25, 0.3) is 0 Å². The van der Waals surface area contributed by atoms with Gasteiger partial charge in [-0.25, -0.2) is 0 Å². The summed E-state index contributed by atoms with van der Waals surface area (Å²) in [7, 11) is 0. The summed E-state index contributed by atoms with van der Waals surface area (Å²) in [5.74, 6) is 0. The summed E-state index contributed by atoms with van der Waals surface area (Å²) in [6.07, 6.45) is 4.42. The Bertz CT molecular complexity index is 123. The molecule has 1 fully saturated rings. The van der Waals surface area contributed by atoms with Crippen molar-refractivity contribution in [3.8, 4) is 0 Å². The van der Waals surface area contributed by atoms with Gasteiger partial charge in [0.05, 0.1) is 5.60 Å². The zero-order valence-electron chi connectivity index (χ0n) is 7.30. The van der Waals surface area contributed by atoms with Gasteiger partial charge < -0.3 is 10.5 Å². The smallest absolute Gasteiger partial charge is 0.0825 e. The standard InChI is InChI=1S/C8H17NOS/c1-3-10-8(6-9)4-7(5-8)11-2/h7H,3-6,9H2,1-2H3. The topological polar surface area (TPSA) is 35.2 Å². The van der Waals surface area contributed by atoms with Crippen molar-refractivity contribution in [1.29, 1.82) is 0 Å². The van der Waals surface area contributed by atoms with Crippen LogP contribution < -0.4 is 5.73 Å². The molecule has 0 saturated heterocycles. The van der Waals surface area contributed by atoms with Crippen molar-refractivity contribution in [3.63, 3.8) is 0 Å². The summed E-state index contributed by atoms with van der Waals surface area (Å²) in [6.45, 7) is 3.50. The van der Waals surface area contributed by atoms with Gasteiger partial charge in [-0.2, -0.15) is 11.8 Å². The van der Waals surface area contributed by atoms with Crippen LogP contribution in [0.1, 0.15) is 19.8 Å². The van der Waals surface area contributed by atoms with E-state index in [4.69, 9.17) is 10.5 Å². The highest BCUT2D eigenvalue weighted by atomic mass is 32.2. The van der Waals surface area contributed by atoms with E-state index in [-0.39, 0.29) is 5.60 Å². The summed E-state index contributed by atoms with van der Waals surface area (Å²) in [6, 6.07) is 0. The average molecular weight is 175 g/mol. The van der Waals surface area contributed by atoms with Crippen LogP contribution in [0.4, 0.5) is 0 Å². The molecule has 0 amide bonds. The first-order chi connectivity index (χ1) is 5.26. The fourth-order valence-electron chi connectivity index (χ4n) is 1.59. The maximum atomic E-state index is 5.64. The molecule has 66 valence electrons. The average Bonchev–Trinajstić information content (AvgIpc) is 1.96. The van der Waals surface area contributed by atoms with Gasteiger partial charge in [0.25, 0.3) is 0 Å². The molecule has 0 spiro atoms. The number of thioether (sulfide) groups is 1. The van der Waals surface area contributed by atoms with Crippen LogP contribution in [0.5, 0.6) is 0 Å². The Morgan fingerprint density at radius 2 is 2.27 bits per heavy atom. The molecule has 11 heavy (non-hydrogen) atoms. The number of nitrogens with two attached hydrogens (primary N) is 1. The third kappa shape index (κ3) is 1.89. The molecule has 0 bridgehead atoms. The lowest BCUT2D eigenvalue weighted by Gasteiger charge is -2.45. The molecule has 0 aromatic carbocycles. The predicted octanol–water partition coefficient (Wildman–Crippen LogP) is 1.25. The molecule has 1 saturated carbocycles. The lowest BCUT2D eigenvalue weighted by Crippen LogP contribution is -2.53. The Kier molecular flexibility index (Phi) is 3.22. The summed E-state index contributed by atoms with van der Waals surface area (Å²) >= 11 is 1.92. The van der Waals surface area contributed by atoms with Gasteiger partial charge in [-0.15, -0.1) is 0 Å². The van der Waals surface area contributed by atoms with Crippen molar-refractivity contribution >= 4 is 11.8 Å². The molecule has 0 unspecified atom stereocenters. The van der Waals surface area contributed by atoms with E-state index in [1.807, 2.05) is 18.7 Å². The molecular weight excluding hydrogens is 158 g/mol. The van der Waals surface area contributed by atoms with E-state index in [2.05, 4.69) is 6.26 Å². The highest BCUT2D eigenvalue weighted by molar-refractivity contribution is 7.99. The minimum atomic E-state index is 0.0441. The zero-order chi connectivity index (χ0) is 8.32. The van der Waals surface area contributed by atoms with Crippen LogP contribution in [-0.2, 0) is 4.74 Å². The monoisotopic (exact) mass is 175 g/mol. The second-order valence-electron chi connectivity index (χ2n) is 3.09. The highest BCUT2D eigenvalue weighted by Gasteiger charge is 2.43. The van der Waals surface area contributed by atoms with Crippen LogP contribution in [0.15, 0.2) is 0 Å². The van der Waals surface area contributed by atoms with Gasteiger partial charge in [-0.1, -0.05) is 0 Å². The van der Waals surface area contributed by atoms with Crippen LogP contribution in [0, 0.1) is 0 Å². The van der Waals surface area contributed by atoms with Gasteiger partial charge >= 0.3 is 0 Å². The largest absolute Gasteiger partial charge is 0.374 e. The van der Waals surface area contributed by atoms with Gasteiger partial charge in [0.2, 0.25) is 0 Å². The second-order valence-corrected chi connectivity index (χ2v) is 4.22. The fourth-order valence-corrected chi connectivity index (χ4v) is 2.53. The van der Waals surface area contributed by atoms with E-state index in [9.17, 15) is 0 Å². The third-order valence-corrected chi connectivity index (χ3v) is 3.36. The van der Waals surface area contributed by atoms with Crippen LogP contribution in [0.2, 0.25) is 0 Å². The minimum absolute atomic E-state index is 0.0441. The van der Waals surface area contributed by atoms with Crippen molar-refractivity contribution in [3.05, 3.63) is 0 Å². The van der Waals surface area contributed by atoms with Gasteiger partial charge in [0, 0.05) is 18.4 Å². The van der Waals surface area contributed by atoms with E-state index in [0.717, 1.165) is 24.7 Å². The molecular formula is C8H17NOS. The minimum Gasteiger partial charge on any atom is -0.374 e. The van der Waals surface area contributed by atoms with Crippen molar-refractivity contribution in [2.75, 3.05) is 19.4 Å². The molecule has 3 heteroatoms. The van der Waals surface area contributed by atoms with E-state index < -0.39 is 0 Å². The second kappa shape index (κ2) is 3.78. The Labute approximate surface area is 72.9 Å². The van der Waals surface area contributed by atoms with Crippen LogP contribution >= 0.6 is 11.8 Å². The van der Waals surface area contributed by atoms with E-state index in [0.29, 0.717) is 6.54 Å².